The van der Waals surface area contributed by atoms with Crippen molar-refractivity contribution in [3.63, 3.8) is 0 Å². The minimum atomic E-state index is -0.506. The van der Waals surface area contributed by atoms with E-state index in [0.29, 0.717) is 5.75 Å². The van der Waals surface area contributed by atoms with E-state index in [4.69, 9.17) is 4.74 Å². The number of aromatic nitrogens is 1. The molecule has 0 saturated carbocycles. The zero-order valence-corrected chi connectivity index (χ0v) is 11.8. The van der Waals surface area contributed by atoms with Crippen LogP contribution in [0.4, 0.5) is 0 Å². The van der Waals surface area contributed by atoms with Crippen molar-refractivity contribution in [2.24, 2.45) is 0 Å². The second kappa shape index (κ2) is 5.50. The van der Waals surface area contributed by atoms with Gasteiger partial charge in [0, 0.05) is 10.7 Å². The van der Waals surface area contributed by atoms with Crippen LogP contribution in [0.15, 0.2) is 41.0 Å². The van der Waals surface area contributed by atoms with Crippen LogP contribution in [0.5, 0.6) is 11.5 Å². The van der Waals surface area contributed by atoms with Crippen LogP contribution < -0.4 is 4.74 Å². The SMILES string of the molecule is Cc1ncccc1Oc1ccc(C(C)O)c(Br)c1. The Morgan fingerprint density at radius 1 is 1.33 bits per heavy atom. The van der Waals surface area contributed by atoms with E-state index in [1.807, 2.05) is 37.3 Å². The summed E-state index contributed by atoms with van der Waals surface area (Å²) in [6.45, 7) is 3.63. The van der Waals surface area contributed by atoms with Gasteiger partial charge in [0.25, 0.3) is 0 Å². The van der Waals surface area contributed by atoms with Gasteiger partial charge in [-0.05, 0) is 43.7 Å². The normalized spacial score (nSPS) is 12.2. The van der Waals surface area contributed by atoms with Gasteiger partial charge in [-0.1, -0.05) is 22.0 Å². The lowest BCUT2D eigenvalue weighted by atomic mass is 10.1. The molecule has 0 aliphatic rings. The lowest BCUT2D eigenvalue weighted by Gasteiger charge is -2.11. The molecule has 1 unspecified atom stereocenters. The molecule has 0 bridgehead atoms. The molecule has 2 rings (SSSR count). The van der Waals surface area contributed by atoms with E-state index in [2.05, 4.69) is 20.9 Å². The molecular weight excluding hydrogens is 294 g/mol. The first-order valence-corrected chi connectivity index (χ1v) is 6.44. The first-order chi connectivity index (χ1) is 8.58. The molecule has 0 radical (unpaired) electrons. The summed E-state index contributed by atoms with van der Waals surface area (Å²) in [5, 5.41) is 9.55. The Kier molecular flexibility index (Phi) is 3.99. The summed E-state index contributed by atoms with van der Waals surface area (Å²) >= 11 is 3.42. The molecule has 4 heteroatoms. The number of rotatable bonds is 3. The Morgan fingerprint density at radius 3 is 2.72 bits per heavy atom. The second-order valence-electron chi connectivity index (χ2n) is 4.05. The number of hydrogen-bond donors (Lipinski definition) is 1. The zero-order chi connectivity index (χ0) is 13.1. The van der Waals surface area contributed by atoms with Crippen molar-refractivity contribution in [2.75, 3.05) is 0 Å². The molecular formula is C14H14BrNO2. The van der Waals surface area contributed by atoms with Crippen LogP contribution in [0, 0.1) is 6.92 Å². The van der Waals surface area contributed by atoms with E-state index in [9.17, 15) is 5.11 Å². The fourth-order valence-electron chi connectivity index (χ4n) is 1.61. The van der Waals surface area contributed by atoms with Gasteiger partial charge < -0.3 is 9.84 Å². The first kappa shape index (κ1) is 13.1. The van der Waals surface area contributed by atoms with E-state index in [1.165, 1.54) is 0 Å². The predicted molar refractivity (Wildman–Crippen MR) is 73.8 cm³/mol. The summed E-state index contributed by atoms with van der Waals surface area (Å²) in [6, 6.07) is 9.23. The maximum absolute atomic E-state index is 9.55. The Bertz CT molecular complexity index is 555. The largest absolute Gasteiger partial charge is 0.455 e. The van der Waals surface area contributed by atoms with Crippen molar-refractivity contribution < 1.29 is 9.84 Å². The van der Waals surface area contributed by atoms with Gasteiger partial charge in [0.2, 0.25) is 0 Å². The zero-order valence-electron chi connectivity index (χ0n) is 10.2. The van der Waals surface area contributed by atoms with Crippen LogP contribution in [-0.4, -0.2) is 10.1 Å². The number of benzene rings is 1. The van der Waals surface area contributed by atoms with Gasteiger partial charge in [0.1, 0.15) is 11.5 Å². The number of aliphatic hydroxyl groups is 1. The fraction of sp³-hybridized carbons (Fsp3) is 0.214. The van der Waals surface area contributed by atoms with Gasteiger partial charge in [0.15, 0.2) is 0 Å². The van der Waals surface area contributed by atoms with E-state index < -0.39 is 6.10 Å². The molecule has 1 aromatic heterocycles. The molecule has 2 aromatic rings. The second-order valence-corrected chi connectivity index (χ2v) is 4.90. The molecule has 0 saturated heterocycles. The summed E-state index contributed by atoms with van der Waals surface area (Å²) in [7, 11) is 0. The summed E-state index contributed by atoms with van der Waals surface area (Å²) < 4.78 is 6.58. The maximum atomic E-state index is 9.55. The molecule has 0 spiro atoms. The van der Waals surface area contributed by atoms with Crippen molar-refractivity contribution in [1.82, 2.24) is 4.98 Å². The van der Waals surface area contributed by atoms with Gasteiger partial charge in [-0.2, -0.15) is 0 Å². The van der Waals surface area contributed by atoms with Gasteiger partial charge >= 0.3 is 0 Å². The summed E-state index contributed by atoms with van der Waals surface area (Å²) in [5.41, 5.74) is 1.68. The van der Waals surface area contributed by atoms with E-state index in [0.717, 1.165) is 21.5 Å². The highest BCUT2D eigenvalue weighted by Crippen LogP contribution is 2.30. The third kappa shape index (κ3) is 2.89. The fourth-order valence-corrected chi connectivity index (χ4v) is 2.30. The van der Waals surface area contributed by atoms with Crippen LogP contribution in [-0.2, 0) is 0 Å². The number of aryl methyl sites for hydroxylation is 1. The lowest BCUT2D eigenvalue weighted by molar-refractivity contribution is 0.198. The van der Waals surface area contributed by atoms with Gasteiger partial charge in [0.05, 0.1) is 11.8 Å². The highest BCUT2D eigenvalue weighted by molar-refractivity contribution is 9.10. The Labute approximate surface area is 115 Å². The number of ether oxygens (including phenoxy) is 1. The Hall–Kier alpha value is -1.39. The quantitative estimate of drug-likeness (QED) is 0.932. The van der Waals surface area contributed by atoms with Gasteiger partial charge in [-0.3, -0.25) is 4.98 Å². The molecule has 94 valence electrons. The van der Waals surface area contributed by atoms with Crippen molar-refractivity contribution in [3.05, 3.63) is 52.3 Å². The minimum Gasteiger partial charge on any atom is -0.455 e. The van der Waals surface area contributed by atoms with E-state index in [1.54, 1.807) is 13.1 Å². The highest BCUT2D eigenvalue weighted by Gasteiger charge is 2.08. The lowest BCUT2D eigenvalue weighted by Crippen LogP contribution is -1.94. The molecule has 0 fully saturated rings. The van der Waals surface area contributed by atoms with Gasteiger partial charge in [-0.25, -0.2) is 0 Å². The number of halogens is 1. The molecule has 1 aromatic carbocycles. The highest BCUT2D eigenvalue weighted by atomic mass is 79.9. The van der Waals surface area contributed by atoms with Gasteiger partial charge in [-0.15, -0.1) is 0 Å². The van der Waals surface area contributed by atoms with Crippen molar-refractivity contribution in [2.45, 2.75) is 20.0 Å². The standard InChI is InChI=1S/C14H14BrNO2/c1-9-14(4-3-7-16-9)18-11-5-6-12(10(2)17)13(15)8-11/h3-8,10,17H,1-2H3. The average molecular weight is 308 g/mol. The summed E-state index contributed by atoms with van der Waals surface area (Å²) in [4.78, 5) is 4.17. The molecule has 18 heavy (non-hydrogen) atoms. The number of aliphatic hydroxyl groups excluding tert-OH is 1. The Morgan fingerprint density at radius 2 is 2.11 bits per heavy atom. The summed E-state index contributed by atoms with van der Waals surface area (Å²) in [6.07, 6.45) is 1.22. The van der Waals surface area contributed by atoms with Crippen molar-refractivity contribution >= 4 is 15.9 Å². The third-order valence-corrected chi connectivity index (χ3v) is 3.30. The molecule has 1 N–H and O–H groups in total. The van der Waals surface area contributed by atoms with Crippen LogP contribution >= 0.6 is 15.9 Å². The summed E-state index contributed by atoms with van der Waals surface area (Å²) in [5.74, 6) is 1.44. The molecule has 1 heterocycles. The maximum Gasteiger partial charge on any atom is 0.148 e. The topological polar surface area (TPSA) is 42.4 Å². The molecule has 0 aliphatic heterocycles. The van der Waals surface area contributed by atoms with Crippen LogP contribution in [0.1, 0.15) is 24.3 Å². The van der Waals surface area contributed by atoms with E-state index in [-0.39, 0.29) is 0 Å². The first-order valence-electron chi connectivity index (χ1n) is 5.65. The van der Waals surface area contributed by atoms with Crippen LogP contribution in [0.3, 0.4) is 0 Å². The van der Waals surface area contributed by atoms with Crippen molar-refractivity contribution in [1.29, 1.82) is 0 Å². The van der Waals surface area contributed by atoms with Crippen LogP contribution in [0.25, 0.3) is 0 Å². The smallest absolute Gasteiger partial charge is 0.148 e. The number of nitrogens with zero attached hydrogens (tertiary/aromatic N) is 1. The van der Waals surface area contributed by atoms with E-state index >= 15 is 0 Å². The molecule has 0 aliphatic carbocycles. The monoisotopic (exact) mass is 307 g/mol. The number of pyridine rings is 1. The average Bonchev–Trinajstić information content (AvgIpc) is 2.32. The third-order valence-electron chi connectivity index (χ3n) is 2.61. The number of hydrogen-bond acceptors (Lipinski definition) is 3. The minimum absolute atomic E-state index is 0.506. The Balaban J connectivity index is 2.26. The molecule has 3 nitrogen and oxygen atoms in total. The van der Waals surface area contributed by atoms with Crippen LogP contribution in [0.2, 0.25) is 0 Å². The predicted octanol–water partition coefficient (Wildman–Crippen LogP) is 4.00. The van der Waals surface area contributed by atoms with Crippen molar-refractivity contribution in [3.8, 4) is 11.5 Å². The molecule has 1 atom stereocenters. The molecule has 0 amide bonds.